The van der Waals surface area contributed by atoms with Gasteiger partial charge < -0.3 is 5.32 Å². The molecule has 0 saturated carbocycles. The van der Waals surface area contributed by atoms with Crippen LogP contribution in [0.15, 0.2) is 18.2 Å². The molecule has 1 aromatic rings. The van der Waals surface area contributed by atoms with Gasteiger partial charge in [-0.05, 0) is 25.5 Å². The van der Waals surface area contributed by atoms with E-state index in [9.17, 15) is 10.1 Å². The number of nitrogens with one attached hydrogen (secondary N) is 1. The van der Waals surface area contributed by atoms with E-state index in [4.69, 9.17) is 6.42 Å². The lowest BCUT2D eigenvalue weighted by molar-refractivity contribution is -0.385. The minimum Gasteiger partial charge on any atom is -0.372 e. The number of anilines is 1. The molecule has 1 unspecified atom stereocenters. The third-order valence-electron chi connectivity index (χ3n) is 2.34. The fraction of sp³-hybridized carbons (Fsp3) is 0.333. The summed E-state index contributed by atoms with van der Waals surface area (Å²) in [5.74, 6) is 2.61. The molecular weight excluding hydrogens is 204 g/mol. The highest BCUT2D eigenvalue weighted by atomic mass is 16.6. The zero-order valence-corrected chi connectivity index (χ0v) is 9.36. The van der Waals surface area contributed by atoms with Gasteiger partial charge in [-0.25, -0.2) is 0 Å². The second-order valence-electron chi connectivity index (χ2n) is 3.53. The maximum Gasteiger partial charge on any atom is 0.272 e. The summed E-state index contributed by atoms with van der Waals surface area (Å²) in [5.41, 5.74) is 1.56. The fourth-order valence-electron chi connectivity index (χ4n) is 1.41. The van der Waals surface area contributed by atoms with Gasteiger partial charge in [-0.15, -0.1) is 6.42 Å². The second kappa shape index (κ2) is 5.17. The van der Waals surface area contributed by atoms with E-state index in [1.807, 2.05) is 6.92 Å². The van der Waals surface area contributed by atoms with Gasteiger partial charge in [-0.3, -0.25) is 10.1 Å². The summed E-state index contributed by atoms with van der Waals surface area (Å²) in [5, 5.41) is 13.7. The first-order valence-electron chi connectivity index (χ1n) is 5.06. The number of hydrogen-bond donors (Lipinski definition) is 1. The third kappa shape index (κ3) is 2.74. The van der Waals surface area contributed by atoms with E-state index in [0.717, 1.165) is 12.1 Å². The van der Waals surface area contributed by atoms with Crippen LogP contribution in [0.4, 0.5) is 11.4 Å². The Labute approximate surface area is 94.8 Å². The van der Waals surface area contributed by atoms with Crippen LogP contribution in [0.25, 0.3) is 0 Å². The molecule has 0 amide bonds. The highest BCUT2D eigenvalue weighted by Crippen LogP contribution is 2.22. The van der Waals surface area contributed by atoms with Crippen LogP contribution < -0.4 is 5.32 Å². The molecule has 0 aromatic heterocycles. The van der Waals surface area contributed by atoms with Crippen LogP contribution in [-0.2, 0) is 0 Å². The first kappa shape index (κ1) is 12.1. The van der Waals surface area contributed by atoms with Crippen molar-refractivity contribution in [1.82, 2.24) is 0 Å². The van der Waals surface area contributed by atoms with Gasteiger partial charge >= 0.3 is 0 Å². The number of hydrogen-bond acceptors (Lipinski definition) is 3. The van der Waals surface area contributed by atoms with Gasteiger partial charge in [-0.1, -0.05) is 12.8 Å². The number of benzene rings is 1. The van der Waals surface area contributed by atoms with Crippen molar-refractivity contribution in [3.05, 3.63) is 33.9 Å². The highest BCUT2D eigenvalue weighted by molar-refractivity contribution is 5.54. The van der Waals surface area contributed by atoms with Gasteiger partial charge in [0.15, 0.2) is 0 Å². The Kier molecular flexibility index (Phi) is 3.90. The van der Waals surface area contributed by atoms with Crippen molar-refractivity contribution in [2.24, 2.45) is 0 Å². The molecule has 1 aromatic carbocycles. The molecule has 1 N–H and O–H groups in total. The summed E-state index contributed by atoms with van der Waals surface area (Å²) in [6.07, 6.45) is 6.14. The van der Waals surface area contributed by atoms with Gasteiger partial charge in [0.1, 0.15) is 0 Å². The number of nitrogens with zero attached hydrogens (tertiary/aromatic N) is 1. The quantitative estimate of drug-likeness (QED) is 0.480. The van der Waals surface area contributed by atoms with Gasteiger partial charge in [0.05, 0.1) is 11.0 Å². The molecule has 0 aliphatic rings. The summed E-state index contributed by atoms with van der Waals surface area (Å²) in [7, 11) is 0. The summed E-state index contributed by atoms with van der Waals surface area (Å²) in [6, 6.07) is 4.85. The SMILES string of the molecule is C#CC(CC)Nc1ccc([N+](=O)[O-])c(C)c1. The van der Waals surface area contributed by atoms with Crippen molar-refractivity contribution in [1.29, 1.82) is 0 Å². The van der Waals surface area contributed by atoms with Gasteiger partial charge in [0, 0.05) is 17.3 Å². The normalized spacial score (nSPS) is 11.6. The molecule has 84 valence electrons. The Morgan fingerprint density at radius 3 is 2.75 bits per heavy atom. The van der Waals surface area contributed by atoms with Crippen molar-refractivity contribution < 1.29 is 4.92 Å². The van der Waals surface area contributed by atoms with E-state index in [0.29, 0.717) is 5.56 Å². The van der Waals surface area contributed by atoms with Crippen molar-refractivity contribution in [3.63, 3.8) is 0 Å². The molecule has 0 heterocycles. The zero-order chi connectivity index (χ0) is 12.1. The lowest BCUT2D eigenvalue weighted by Gasteiger charge is -2.12. The van der Waals surface area contributed by atoms with Crippen molar-refractivity contribution >= 4 is 11.4 Å². The average Bonchev–Trinajstić information content (AvgIpc) is 2.25. The molecule has 1 atom stereocenters. The molecule has 0 radical (unpaired) electrons. The standard InChI is InChI=1S/C12H14N2O2/c1-4-10(5-2)13-11-6-7-12(14(15)16)9(3)8-11/h1,6-8,10,13H,5H2,2-3H3. The Morgan fingerprint density at radius 1 is 1.62 bits per heavy atom. The predicted octanol–water partition coefficient (Wildman–Crippen LogP) is 2.73. The number of terminal acetylenes is 1. The zero-order valence-electron chi connectivity index (χ0n) is 9.36. The van der Waals surface area contributed by atoms with E-state index in [-0.39, 0.29) is 11.7 Å². The smallest absolute Gasteiger partial charge is 0.272 e. The van der Waals surface area contributed by atoms with Crippen LogP contribution in [0.1, 0.15) is 18.9 Å². The molecule has 4 heteroatoms. The molecule has 0 bridgehead atoms. The van der Waals surface area contributed by atoms with Crippen LogP contribution in [0.3, 0.4) is 0 Å². The Balaban J connectivity index is 2.90. The van der Waals surface area contributed by atoms with E-state index in [1.54, 1.807) is 19.1 Å². The monoisotopic (exact) mass is 218 g/mol. The highest BCUT2D eigenvalue weighted by Gasteiger charge is 2.10. The maximum atomic E-state index is 10.6. The predicted molar refractivity (Wildman–Crippen MR) is 64.4 cm³/mol. The van der Waals surface area contributed by atoms with E-state index in [1.165, 1.54) is 6.07 Å². The van der Waals surface area contributed by atoms with E-state index >= 15 is 0 Å². The number of nitro groups is 1. The summed E-state index contributed by atoms with van der Waals surface area (Å²) in [4.78, 5) is 10.2. The topological polar surface area (TPSA) is 55.2 Å². The molecule has 0 aliphatic carbocycles. The number of nitro benzene ring substituents is 1. The first-order valence-corrected chi connectivity index (χ1v) is 5.06. The number of rotatable bonds is 4. The Morgan fingerprint density at radius 2 is 2.31 bits per heavy atom. The molecule has 4 nitrogen and oxygen atoms in total. The molecule has 16 heavy (non-hydrogen) atoms. The molecular formula is C12H14N2O2. The van der Waals surface area contributed by atoms with Crippen molar-refractivity contribution in [2.45, 2.75) is 26.3 Å². The first-order chi connectivity index (χ1) is 7.58. The lowest BCUT2D eigenvalue weighted by atomic mass is 10.1. The van der Waals surface area contributed by atoms with E-state index in [2.05, 4.69) is 11.2 Å². The van der Waals surface area contributed by atoms with Crippen molar-refractivity contribution in [3.8, 4) is 12.3 Å². The minimum absolute atomic E-state index is 0.0409. The Bertz CT molecular complexity index is 435. The van der Waals surface area contributed by atoms with Crippen LogP contribution in [0, 0.1) is 29.4 Å². The largest absolute Gasteiger partial charge is 0.372 e. The van der Waals surface area contributed by atoms with Gasteiger partial charge in [-0.2, -0.15) is 0 Å². The lowest BCUT2D eigenvalue weighted by Crippen LogP contribution is -2.15. The molecule has 1 rings (SSSR count). The summed E-state index contributed by atoms with van der Waals surface area (Å²) >= 11 is 0. The molecule has 0 fully saturated rings. The Hall–Kier alpha value is -2.02. The summed E-state index contributed by atoms with van der Waals surface area (Å²) < 4.78 is 0. The van der Waals surface area contributed by atoms with Crippen molar-refractivity contribution in [2.75, 3.05) is 5.32 Å². The van der Waals surface area contributed by atoms with Crippen LogP contribution in [0.5, 0.6) is 0 Å². The average molecular weight is 218 g/mol. The maximum absolute atomic E-state index is 10.6. The second-order valence-corrected chi connectivity index (χ2v) is 3.53. The molecule has 0 saturated heterocycles. The molecule has 0 aliphatic heterocycles. The van der Waals surface area contributed by atoms with Crippen LogP contribution in [0.2, 0.25) is 0 Å². The fourth-order valence-corrected chi connectivity index (χ4v) is 1.41. The van der Waals surface area contributed by atoms with Gasteiger partial charge in [0.25, 0.3) is 5.69 Å². The summed E-state index contributed by atoms with van der Waals surface area (Å²) in [6.45, 7) is 3.69. The molecule has 0 spiro atoms. The minimum atomic E-state index is -0.391. The van der Waals surface area contributed by atoms with Crippen LogP contribution >= 0.6 is 0 Å². The third-order valence-corrected chi connectivity index (χ3v) is 2.34. The van der Waals surface area contributed by atoms with Gasteiger partial charge in [0.2, 0.25) is 0 Å². The number of aryl methyl sites for hydroxylation is 1. The van der Waals surface area contributed by atoms with E-state index < -0.39 is 4.92 Å². The van der Waals surface area contributed by atoms with Crippen LogP contribution in [-0.4, -0.2) is 11.0 Å².